The van der Waals surface area contributed by atoms with Crippen molar-refractivity contribution in [2.75, 3.05) is 13.2 Å². The number of hydrogen-bond donors (Lipinski definition) is 1. The van der Waals surface area contributed by atoms with Crippen LogP contribution in [0.25, 0.3) is 0 Å². The van der Waals surface area contributed by atoms with Gasteiger partial charge in [0.1, 0.15) is 0 Å². The highest BCUT2D eigenvalue weighted by atomic mass is 16.5. The number of nitrogens with one attached hydrogen (secondary N) is 1. The number of carbonyl (C=O) groups is 1. The Hall–Kier alpha value is -1.35. The molecule has 3 nitrogen and oxygen atoms in total. The number of hydrogen-bond acceptors (Lipinski definition) is 2. The second-order valence-electron chi connectivity index (χ2n) is 6.89. The average molecular weight is 289 g/mol. The average Bonchev–Trinajstić information content (AvgIpc) is 2.95. The topological polar surface area (TPSA) is 38.3 Å². The van der Waals surface area contributed by atoms with Gasteiger partial charge in [0.05, 0.1) is 6.10 Å². The van der Waals surface area contributed by atoms with Gasteiger partial charge in [0, 0.05) is 19.6 Å². The van der Waals surface area contributed by atoms with Crippen LogP contribution < -0.4 is 5.32 Å². The maximum Gasteiger partial charge on any atom is 0.220 e. The molecule has 0 aliphatic carbocycles. The van der Waals surface area contributed by atoms with E-state index in [0.717, 1.165) is 25.9 Å². The Balaban J connectivity index is 1.73. The van der Waals surface area contributed by atoms with Gasteiger partial charge in [0.15, 0.2) is 0 Å². The minimum atomic E-state index is 0.116. The molecule has 0 saturated carbocycles. The van der Waals surface area contributed by atoms with Crippen LogP contribution in [-0.4, -0.2) is 25.2 Å². The van der Waals surface area contributed by atoms with Gasteiger partial charge in [-0.3, -0.25) is 4.79 Å². The van der Waals surface area contributed by atoms with Crippen molar-refractivity contribution in [3.63, 3.8) is 0 Å². The van der Waals surface area contributed by atoms with E-state index in [4.69, 9.17) is 4.74 Å². The second kappa shape index (κ2) is 7.08. The zero-order chi connectivity index (χ0) is 15.3. The molecule has 0 radical (unpaired) electrons. The molecule has 1 heterocycles. The molecule has 0 bridgehead atoms. The molecule has 2 rings (SSSR count). The standard InChI is InChI=1S/C18H27NO2/c1-18(2,3)15-9-6-14(7-10-15)8-11-17(20)19-13-16-5-4-12-21-16/h6-7,9-10,16H,4-5,8,11-13H2,1-3H3,(H,19,20). The zero-order valence-corrected chi connectivity index (χ0v) is 13.4. The Morgan fingerprint density at radius 1 is 1.29 bits per heavy atom. The Morgan fingerprint density at radius 2 is 2.00 bits per heavy atom. The molecule has 0 spiro atoms. The van der Waals surface area contributed by atoms with E-state index in [9.17, 15) is 4.79 Å². The van der Waals surface area contributed by atoms with Crippen molar-refractivity contribution in [1.29, 1.82) is 0 Å². The lowest BCUT2D eigenvalue weighted by Gasteiger charge is -2.19. The predicted molar refractivity (Wildman–Crippen MR) is 85.4 cm³/mol. The first kappa shape index (κ1) is 16.0. The summed E-state index contributed by atoms with van der Waals surface area (Å²) in [5.74, 6) is 0.116. The monoisotopic (exact) mass is 289 g/mol. The van der Waals surface area contributed by atoms with Gasteiger partial charge in [-0.05, 0) is 35.8 Å². The van der Waals surface area contributed by atoms with E-state index in [0.29, 0.717) is 13.0 Å². The fraction of sp³-hybridized carbons (Fsp3) is 0.611. The molecule has 1 aromatic carbocycles. The highest BCUT2D eigenvalue weighted by Crippen LogP contribution is 2.22. The van der Waals surface area contributed by atoms with Crippen LogP contribution in [0.3, 0.4) is 0 Å². The normalized spacial score (nSPS) is 18.7. The Bertz CT molecular complexity index is 453. The number of benzene rings is 1. The summed E-state index contributed by atoms with van der Waals surface area (Å²) in [6, 6.07) is 8.60. The minimum absolute atomic E-state index is 0.116. The summed E-state index contributed by atoms with van der Waals surface area (Å²) in [6.45, 7) is 8.12. The molecule has 1 saturated heterocycles. The van der Waals surface area contributed by atoms with Gasteiger partial charge in [-0.1, -0.05) is 45.0 Å². The van der Waals surface area contributed by atoms with Crippen LogP contribution in [0.4, 0.5) is 0 Å². The van der Waals surface area contributed by atoms with Gasteiger partial charge in [-0.2, -0.15) is 0 Å². The van der Waals surface area contributed by atoms with Gasteiger partial charge in [-0.25, -0.2) is 0 Å². The first-order valence-electron chi connectivity index (χ1n) is 7.93. The van der Waals surface area contributed by atoms with Crippen LogP contribution in [-0.2, 0) is 21.4 Å². The van der Waals surface area contributed by atoms with E-state index in [1.54, 1.807) is 0 Å². The molecule has 3 heteroatoms. The van der Waals surface area contributed by atoms with Gasteiger partial charge in [-0.15, -0.1) is 0 Å². The Kier molecular flexibility index (Phi) is 5.40. The van der Waals surface area contributed by atoms with Crippen molar-refractivity contribution in [1.82, 2.24) is 5.32 Å². The lowest BCUT2D eigenvalue weighted by Crippen LogP contribution is -2.31. The summed E-state index contributed by atoms with van der Waals surface area (Å²) in [6.07, 6.45) is 3.73. The lowest BCUT2D eigenvalue weighted by atomic mass is 9.86. The summed E-state index contributed by atoms with van der Waals surface area (Å²) in [4.78, 5) is 11.8. The van der Waals surface area contributed by atoms with Crippen molar-refractivity contribution in [3.05, 3.63) is 35.4 Å². The molecule has 1 fully saturated rings. The molecule has 1 N–H and O–H groups in total. The third-order valence-electron chi connectivity index (χ3n) is 4.01. The van der Waals surface area contributed by atoms with Crippen molar-refractivity contribution in [3.8, 4) is 0 Å². The first-order chi connectivity index (χ1) is 9.95. The smallest absolute Gasteiger partial charge is 0.220 e. The van der Waals surface area contributed by atoms with E-state index >= 15 is 0 Å². The van der Waals surface area contributed by atoms with Crippen LogP contribution in [0.1, 0.15) is 51.2 Å². The largest absolute Gasteiger partial charge is 0.376 e. The van der Waals surface area contributed by atoms with Gasteiger partial charge >= 0.3 is 0 Å². The van der Waals surface area contributed by atoms with E-state index in [1.807, 2.05) is 0 Å². The molecule has 0 aromatic heterocycles. The summed E-state index contributed by atoms with van der Waals surface area (Å²) in [7, 11) is 0. The fourth-order valence-electron chi connectivity index (χ4n) is 2.55. The number of carbonyl (C=O) groups excluding carboxylic acids is 1. The molecule has 1 aliphatic heterocycles. The molecule has 1 unspecified atom stereocenters. The lowest BCUT2D eigenvalue weighted by molar-refractivity contribution is -0.121. The molecular formula is C18H27NO2. The highest BCUT2D eigenvalue weighted by molar-refractivity contribution is 5.76. The number of amides is 1. The molecule has 1 aliphatic rings. The minimum Gasteiger partial charge on any atom is -0.376 e. The maximum atomic E-state index is 11.8. The van der Waals surface area contributed by atoms with Crippen LogP contribution in [0.5, 0.6) is 0 Å². The quantitative estimate of drug-likeness (QED) is 0.904. The molecule has 1 amide bonds. The zero-order valence-electron chi connectivity index (χ0n) is 13.4. The van der Waals surface area contributed by atoms with Gasteiger partial charge in [0.25, 0.3) is 0 Å². The van der Waals surface area contributed by atoms with Gasteiger partial charge in [0.2, 0.25) is 5.91 Å². The number of ether oxygens (including phenoxy) is 1. The predicted octanol–water partition coefficient (Wildman–Crippen LogP) is 3.21. The van der Waals surface area contributed by atoms with Crippen molar-refractivity contribution >= 4 is 5.91 Å². The fourth-order valence-corrected chi connectivity index (χ4v) is 2.55. The Labute approximate surface area is 128 Å². The molecule has 116 valence electrons. The van der Waals surface area contributed by atoms with E-state index in [2.05, 4.69) is 50.4 Å². The maximum absolute atomic E-state index is 11.8. The van der Waals surface area contributed by atoms with E-state index in [1.165, 1.54) is 11.1 Å². The SMILES string of the molecule is CC(C)(C)c1ccc(CCC(=O)NCC2CCCO2)cc1. The van der Waals surface area contributed by atoms with Gasteiger partial charge < -0.3 is 10.1 Å². The van der Waals surface area contributed by atoms with Crippen molar-refractivity contribution < 1.29 is 9.53 Å². The first-order valence-corrected chi connectivity index (χ1v) is 7.93. The third-order valence-corrected chi connectivity index (χ3v) is 4.01. The van der Waals surface area contributed by atoms with Crippen LogP contribution in [0.2, 0.25) is 0 Å². The molecular weight excluding hydrogens is 262 g/mol. The third kappa shape index (κ3) is 5.16. The summed E-state index contributed by atoms with van der Waals surface area (Å²) >= 11 is 0. The summed E-state index contributed by atoms with van der Waals surface area (Å²) in [5, 5.41) is 2.97. The summed E-state index contributed by atoms with van der Waals surface area (Å²) in [5.41, 5.74) is 2.72. The van der Waals surface area contributed by atoms with Crippen LogP contribution in [0, 0.1) is 0 Å². The van der Waals surface area contributed by atoms with Crippen LogP contribution >= 0.6 is 0 Å². The van der Waals surface area contributed by atoms with Crippen LogP contribution in [0.15, 0.2) is 24.3 Å². The number of aryl methyl sites for hydroxylation is 1. The van der Waals surface area contributed by atoms with E-state index in [-0.39, 0.29) is 17.4 Å². The summed E-state index contributed by atoms with van der Waals surface area (Å²) < 4.78 is 5.50. The van der Waals surface area contributed by atoms with Crippen molar-refractivity contribution in [2.45, 2.75) is 58.0 Å². The molecule has 1 atom stereocenters. The van der Waals surface area contributed by atoms with E-state index < -0.39 is 0 Å². The molecule has 21 heavy (non-hydrogen) atoms. The Morgan fingerprint density at radius 3 is 2.57 bits per heavy atom. The molecule has 1 aromatic rings. The number of rotatable bonds is 5. The van der Waals surface area contributed by atoms with Crippen molar-refractivity contribution in [2.24, 2.45) is 0 Å². The highest BCUT2D eigenvalue weighted by Gasteiger charge is 2.16. The second-order valence-corrected chi connectivity index (χ2v) is 6.89.